The van der Waals surface area contributed by atoms with Gasteiger partial charge in [0, 0.05) is 5.75 Å². The SMILES string of the molecule is CC[n+]1cc(/N=C(/[O-])CSC2=N/C(=C/c3cccc(C)c3)C(=O)N2c2ccccc2)on1. The smallest absolute Gasteiger partial charge is 0.320 e. The van der Waals surface area contributed by atoms with Crippen molar-refractivity contribution < 1.29 is 19.1 Å². The number of carbonyl (C=O) groups excluding carboxylic acids is 1. The molecule has 2 heterocycles. The van der Waals surface area contributed by atoms with Crippen molar-refractivity contribution in [3.8, 4) is 0 Å². The van der Waals surface area contributed by atoms with Crippen LogP contribution in [-0.2, 0) is 11.3 Å². The van der Waals surface area contributed by atoms with E-state index in [0.717, 1.165) is 22.9 Å². The molecule has 1 aliphatic heterocycles. The zero-order valence-corrected chi connectivity index (χ0v) is 18.5. The van der Waals surface area contributed by atoms with Gasteiger partial charge in [0.1, 0.15) is 5.70 Å². The summed E-state index contributed by atoms with van der Waals surface area (Å²) in [5.41, 5.74) is 2.97. The Kier molecular flexibility index (Phi) is 6.46. The van der Waals surface area contributed by atoms with Gasteiger partial charge < -0.3 is 5.11 Å². The first kappa shape index (κ1) is 21.5. The number of nitrogens with zero attached hydrogens (tertiary/aromatic N) is 5. The predicted octanol–water partition coefficient (Wildman–Crippen LogP) is 2.86. The Morgan fingerprint density at radius 3 is 2.78 bits per heavy atom. The maximum absolute atomic E-state index is 13.2. The molecule has 1 aliphatic rings. The van der Waals surface area contributed by atoms with E-state index >= 15 is 0 Å². The molecule has 3 aromatic rings. The number of amides is 1. The van der Waals surface area contributed by atoms with Gasteiger partial charge >= 0.3 is 5.88 Å². The van der Waals surface area contributed by atoms with E-state index < -0.39 is 5.90 Å². The molecular formula is C23H21N5O3S. The minimum absolute atomic E-state index is 0.00000294. The molecule has 9 heteroatoms. The van der Waals surface area contributed by atoms with Crippen LogP contribution in [0.2, 0.25) is 0 Å². The standard InChI is InChI=1S/C23H21N5O3S/c1-3-27-14-21(31-26-27)25-20(29)15-32-23-24-19(13-17-9-7-8-16(2)12-17)22(30)28(23)18-10-5-4-6-11-18/h4-14H,3,15H2,1-2H3/b19-13+. The Morgan fingerprint density at radius 2 is 2.06 bits per heavy atom. The maximum atomic E-state index is 13.2. The molecule has 0 unspecified atom stereocenters. The van der Waals surface area contributed by atoms with E-state index in [2.05, 4.69) is 15.3 Å². The van der Waals surface area contributed by atoms with Gasteiger partial charge in [-0.15, -0.1) is 0 Å². The zero-order valence-electron chi connectivity index (χ0n) is 17.6. The first-order chi connectivity index (χ1) is 15.5. The van der Waals surface area contributed by atoms with Gasteiger partial charge in [-0.3, -0.25) is 14.2 Å². The fourth-order valence-electron chi connectivity index (χ4n) is 3.06. The van der Waals surface area contributed by atoms with Gasteiger partial charge in [-0.25, -0.2) is 9.98 Å². The molecule has 0 spiro atoms. The second kappa shape index (κ2) is 9.61. The highest BCUT2D eigenvalue weighted by Crippen LogP contribution is 2.29. The molecule has 4 rings (SSSR count). The van der Waals surface area contributed by atoms with Gasteiger partial charge in [0.05, 0.1) is 5.69 Å². The monoisotopic (exact) mass is 447 g/mol. The van der Waals surface area contributed by atoms with Crippen molar-refractivity contribution in [1.82, 2.24) is 5.27 Å². The van der Waals surface area contributed by atoms with E-state index in [-0.39, 0.29) is 17.5 Å². The number of amidine groups is 1. The van der Waals surface area contributed by atoms with Crippen LogP contribution in [-0.4, -0.2) is 28.0 Å². The molecular weight excluding hydrogens is 426 g/mol. The van der Waals surface area contributed by atoms with Crippen LogP contribution in [0.15, 0.2) is 81.0 Å². The Balaban J connectivity index is 1.59. The van der Waals surface area contributed by atoms with Crippen LogP contribution in [0.3, 0.4) is 0 Å². The third-order valence-electron chi connectivity index (χ3n) is 4.57. The van der Waals surface area contributed by atoms with Crippen molar-refractivity contribution in [2.24, 2.45) is 9.98 Å². The van der Waals surface area contributed by atoms with Crippen LogP contribution < -0.4 is 14.7 Å². The highest BCUT2D eigenvalue weighted by Gasteiger charge is 2.31. The Hall–Kier alpha value is -3.72. The molecule has 0 fully saturated rings. The van der Waals surface area contributed by atoms with Gasteiger partial charge in [-0.05, 0) is 43.5 Å². The highest BCUT2D eigenvalue weighted by atomic mass is 32.2. The number of anilines is 1. The molecule has 162 valence electrons. The van der Waals surface area contributed by atoms with E-state index in [9.17, 15) is 9.90 Å². The van der Waals surface area contributed by atoms with Crippen molar-refractivity contribution >= 4 is 46.4 Å². The van der Waals surface area contributed by atoms with E-state index in [4.69, 9.17) is 4.52 Å². The van der Waals surface area contributed by atoms with Gasteiger partial charge in [0.15, 0.2) is 11.7 Å². The normalized spacial score (nSPS) is 15.5. The molecule has 0 saturated heterocycles. The van der Waals surface area contributed by atoms with Crippen LogP contribution >= 0.6 is 11.8 Å². The first-order valence-corrected chi connectivity index (χ1v) is 11.0. The van der Waals surface area contributed by atoms with E-state index in [1.807, 2.05) is 68.4 Å². The van der Waals surface area contributed by atoms with E-state index in [1.165, 1.54) is 4.90 Å². The van der Waals surface area contributed by atoms with Crippen LogP contribution in [0.1, 0.15) is 18.1 Å². The molecule has 0 saturated carbocycles. The molecule has 1 amide bonds. The van der Waals surface area contributed by atoms with E-state index in [0.29, 0.717) is 23.1 Å². The highest BCUT2D eigenvalue weighted by molar-refractivity contribution is 8.14. The number of aliphatic imine (C=N–C) groups is 2. The molecule has 0 atom stereocenters. The number of carbonyl (C=O) groups is 1. The lowest BCUT2D eigenvalue weighted by Crippen LogP contribution is -2.32. The summed E-state index contributed by atoms with van der Waals surface area (Å²) in [4.78, 5) is 23.1. The summed E-state index contributed by atoms with van der Waals surface area (Å²) in [6.45, 7) is 4.51. The molecule has 0 bridgehead atoms. The third-order valence-corrected chi connectivity index (χ3v) is 5.50. The molecule has 2 aromatic carbocycles. The van der Waals surface area contributed by atoms with Gasteiger partial charge in [0.2, 0.25) is 5.27 Å². The number of aromatic nitrogens is 2. The topological polar surface area (TPSA) is 98.0 Å². The van der Waals surface area contributed by atoms with Gasteiger partial charge in [-0.1, -0.05) is 64.5 Å². The summed E-state index contributed by atoms with van der Waals surface area (Å²) in [5.74, 6) is -0.515. The number of hydrogen-bond donors (Lipinski definition) is 0. The molecule has 32 heavy (non-hydrogen) atoms. The molecule has 0 N–H and O–H groups in total. The lowest BCUT2D eigenvalue weighted by Gasteiger charge is -2.18. The van der Waals surface area contributed by atoms with Crippen LogP contribution in [0.5, 0.6) is 0 Å². The second-order valence-electron chi connectivity index (χ2n) is 7.00. The number of thioether (sulfide) groups is 1. The minimum Gasteiger partial charge on any atom is -0.861 e. The summed E-state index contributed by atoms with van der Waals surface area (Å²) in [5, 5.41) is 16.5. The summed E-state index contributed by atoms with van der Waals surface area (Å²) in [6, 6.07) is 17.0. The number of hydrogen-bond acceptors (Lipinski definition) is 7. The third kappa shape index (κ3) is 4.94. The molecule has 0 radical (unpaired) electrons. The van der Waals surface area contributed by atoms with Crippen molar-refractivity contribution in [3.05, 3.63) is 77.6 Å². The summed E-state index contributed by atoms with van der Waals surface area (Å²) in [7, 11) is 0. The van der Waals surface area contributed by atoms with Crippen molar-refractivity contribution in [3.63, 3.8) is 0 Å². The van der Waals surface area contributed by atoms with Crippen molar-refractivity contribution in [1.29, 1.82) is 0 Å². The number of benzene rings is 2. The van der Waals surface area contributed by atoms with Crippen molar-refractivity contribution in [2.45, 2.75) is 20.4 Å². The fourth-order valence-corrected chi connectivity index (χ4v) is 3.86. The van der Waals surface area contributed by atoms with Crippen LogP contribution in [0, 0.1) is 6.92 Å². The van der Waals surface area contributed by atoms with Gasteiger partial charge in [-0.2, -0.15) is 0 Å². The Morgan fingerprint density at radius 1 is 1.25 bits per heavy atom. The second-order valence-corrected chi connectivity index (χ2v) is 7.95. The largest absolute Gasteiger partial charge is 0.861 e. The quantitative estimate of drug-likeness (QED) is 0.250. The summed E-state index contributed by atoms with van der Waals surface area (Å²) < 4.78 is 6.55. The Labute approximate surface area is 189 Å². The summed E-state index contributed by atoms with van der Waals surface area (Å²) >= 11 is 1.15. The first-order valence-electron chi connectivity index (χ1n) is 10.0. The van der Waals surface area contributed by atoms with E-state index in [1.54, 1.807) is 17.0 Å². The average Bonchev–Trinajstić information content (AvgIpc) is 3.37. The average molecular weight is 448 g/mol. The fraction of sp³-hybridized carbons (Fsp3) is 0.174. The maximum Gasteiger partial charge on any atom is 0.320 e. The minimum atomic E-state index is -0.409. The number of aryl methyl sites for hydroxylation is 2. The summed E-state index contributed by atoms with van der Waals surface area (Å²) in [6.07, 6.45) is 3.31. The number of rotatable bonds is 6. The van der Waals surface area contributed by atoms with Crippen LogP contribution in [0.25, 0.3) is 6.08 Å². The molecule has 0 aliphatic carbocycles. The van der Waals surface area contributed by atoms with Crippen molar-refractivity contribution in [2.75, 3.05) is 10.7 Å². The van der Waals surface area contributed by atoms with Gasteiger partial charge in [0.25, 0.3) is 12.1 Å². The lowest BCUT2D eigenvalue weighted by atomic mass is 10.1. The number of para-hydroxylation sites is 1. The Bertz CT molecular complexity index is 1220. The lowest BCUT2D eigenvalue weighted by molar-refractivity contribution is -0.759. The zero-order chi connectivity index (χ0) is 22.5. The molecule has 8 nitrogen and oxygen atoms in total. The molecule has 1 aromatic heterocycles. The predicted molar refractivity (Wildman–Crippen MR) is 122 cm³/mol. The van der Waals surface area contributed by atoms with Crippen LogP contribution in [0.4, 0.5) is 11.6 Å².